The van der Waals surface area contributed by atoms with Crippen LogP contribution >= 0.6 is 24.0 Å². The van der Waals surface area contributed by atoms with Gasteiger partial charge in [0.15, 0.2) is 5.96 Å². The van der Waals surface area contributed by atoms with E-state index in [-0.39, 0.29) is 47.7 Å². The number of nitrogens with one attached hydrogen (secondary N) is 2. The highest BCUT2D eigenvalue weighted by molar-refractivity contribution is 14.0. The lowest BCUT2D eigenvalue weighted by Crippen LogP contribution is -2.47. The number of methoxy groups -OCH3 is 1. The molecule has 1 aliphatic heterocycles. The van der Waals surface area contributed by atoms with Crippen LogP contribution in [0.2, 0.25) is 0 Å². The SMILES string of the molecule is CCNC(=NCC(OC)C(C)(C)C)N1CCC(OCCCNC(=O)OC(C)(C)C)CC1.I. The van der Waals surface area contributed by atoms with Crippen molar-refractivity contribution in [3.8, 4) is 0 Å². The van der Waals surface area contributed by atoms with Crippen LogP contribution in [-0.2, 0) is 14.2 Å². The molecule has 0 saturated carbocycles. The summed E-state index contributed by atoms with van der Waals surface area (Å²) >= 11 is 0. The standard InChI is InChI=1S/C23H46N4O4.HI/c1-9-24-20(26-17-19(29-8)22(2,3)4)27-14-11-18(12-15-27)30-16-10-13-25-21(28)31-23(5,6)7;/h18-19H,9-17H2,1-8H3,(H,24,26)(H,25,28);1H. The monoisotopic (exact) mass is 570 g/mol. The van der Waals surface area contributed by atoms with Crippen molar-refractivity contribution < 1.29 is 19.0 Å². The van der Waals surface area contributed by atoms with E-state index < -0.39 is 5.60 Å². The second kappa shape index (κ2) is 15.2. The number of guanidine groups is 1. The van der Waals surface area contributed by atoms with E-state index in [4.69, 9.17) is 19.2 Å². The molecular formula is C23H47IN4O4. The Morgan fingerprint density at radius 1 is 1.12 bits per heavy atom. The summed E-state index contributed by atoms with van der Waals surface area (Å²) in [7, 11) is 1.75. The zero-order valence-corrected chi connectivity index (χ0v) is 23.8. The number of rotatable bonds is 9. The molecule has 0 aromatic carbocycles. The van der Waals surface area contributed by atoms with Crippen LogP contribution < -0.4 is 10.6 Å². The molecule has 1 atom stereocenters. The molecule has 1 aliphatic rings. The Bertz CT molecular complexity index is 553. The zero-order chi connectivity index (χ0) is 23.5. The van der Waals surface area contributed by atoms with E-state index >= 15 is 0 Å². The summed E-state index contributed by atoms with van der Waals surface area (Å²) < 4.78 is 16.9. The van der Waals surface area contributed by atoms with E-state index in [2.05, 4.69) is 43.2 Å². The number of hydrogen-bond donors (Lipinski definition) is 2. The average Bonchev–Trinajstić information content (AvgIpc) is 2.65. The highest BCUT2D eigenvalue weighted by Crippen LogP contribution is 2.22. The third kappa shape index (κ3) is 13.0. The maximum Gasteiger partial charge on any atom is 0.407 e. The largest absolute Gasteiger partial charge is 0.444 e. The van der Waals surface area contributed by atoms with Crippen LogP contribution in [0.4, 0.5) is 4.79 Å². The molecular weight excluding hydrogens is 523 g/mol. The molecule has 1 rings (SSSR count). The van der Waals surface area contributed by atoms with Crippen molar-refractivity contribution in [2.24, 2.45) is 10.4 Å². The van der Waals surface area contributed by atoms with Crippen LogP contribution in [0.3, 0.4) is 0 Å². The summed E-state index contributed by atoms with van der Waals surface area (Å²) in [5.41, 5.74) is -0.421. The molecule has 190 valence electrons. The van der Waals surface area contributed by atoms with E-state index in [1.54, 1.807) is 7.11 Å². The number of ether oxygens (including phenoxy) is 3. The third-order valence-electron chi connectivity index (χ3n) is 5.08. The maximum absolute atomic E-state index is 11.6. The summed E-state index contributed by atoms with van der Waals surface area (Å²) in [6.07, 6.45) is 2.67. The first-order valence-corrected chi connectivity index (χ1v) is 11.6. The average molecular weight is 571 g/mol. The van der Waals surface area contributed by atoms with E-state index in [0.29, 0.717) is 19.7 Å². The van der Waals surface area contributed by atoms with Gasteiger partial charge in [-0.2, -0.15) is 0 Å². The molecule has 0 spiro atoms. The lowest BCUT2D eigenvalue weighted by Gasteiger charge is -2.35. The predicted molar refractivity (Wildman–Crippen MR) is 141 cm³/mol. The molecule has 2 N–H and O–H groups in total. The van der Waals surface area contributed by atoms with Gasteiger partial charge < -0.3 is 29.7 Å². The van der Waals surface area contributed by atoms with Gasteiger partial charge in [0.1, 0.15) is 5.60 Å². The fourth-order valence-electron chi connectivity index (χ4n) is 3.36. The van der Waals surface area contributed by atoms with Gasteiger partial charge in [-0.1, -0.05) is 20.8 Å². The predicted octanol–water partition coefficient (Wildman–Crippen LogP) is 4.03. The van der Waals surface area contributed by atoms with Crippen molar-refractivity contribution in [3.63, 3.8) is 0 Å². The fraction of sp³-hybridized carbons (Fsp3) is 0.913. The molecule has 9 heteroatoms. The number of halogens is 1. The van der Waals surface area contributed by atoms with E-state index in [1.807, 2.05) is 20.8 Å². The summed E-state index contributed by atoms with van der Waals surface area (Å²) in [5.74, 6) is 0.953. The summed E-state index contributed by atoms with van der Waals surface area (Å²) in [4.78, 5) is 18.8. The smallest absolute Gasteiger partial charge is 0.407 e. The molecule has 0 bridgehead atoms. The van der Waals surface area contributed by atoms with Crippen molar-refractivity contribution in [1.29, 1.82) is 0 Å². The molecule has 1 saturated heterocycles. The molecule has 0 aromatic heterocycles. The highest BCUT2D eigenvalue weighted by atomic mass is 127. The van der Waals surface area contributed by atoms with Crippen LogP contribution in [0, 0.1) is 5.41 Å². The van der Waals surface area contributed by atoms with Crippen LogP contribution in [0.25, 0.3) is 0 Å². The Kier molecular flexibility index (Phi) is 14.8. The minimum absolute atomic E-state index is 0. The number of nitrogens with zero attached hydrogens (tertiary/aromatic N) is 2. The van der Waals surface area contributed by atoms with Crippen LogP contribution in [0.15, 0.2) is 4.99 Å². The van der Waals surface area contributed by atoms with E-state index in [0.717, 1.165) is 44.9 Å². The van der Waals surface area contributed by atoms with Crippen LogP contribution in [0.1, 0.15) is 67.7 Å². The first-order valence-electron chi connectivity index (χ1n) is 11.6. The second-order valence-corrected chi connectivity index (χ2v) is 10.1. The molecule has 1 unspecified atom stereocenters. The Morgan fingerprint density at radius 2 is 1.75 bits per heavy atom. The normalized spacial score (nSPS) is 16.9. The second-order valence-electron chi connectivity index (χ2n) is 10.1. The first-order chi connectivity index (χ1) is 14.5. The first kappa shape index (κ1) is 31.2. The number of alkyl carbamates (subject to hydrolysis) is 1. The molecule has 1 fully saturated rings. The van der Waals surface area contributed by atoms with Crippen molar-refractivity contribution in [3.05, 3.63) is 0 Å². The summed E-state index contributed by atoms with van der Waals surface area (Å²) in [6.45, 7) is 18.7. The summed E-state index contributed by atoms with van der Waals surface area (Å²) in [5, 5.41) is 6.18. The molecule has 0 aliphatic carbocycles. The lowest BCUT2D eigenvalue weighted by atomic mass is 9.89. The summed E-state index contributed by atoms with van der Waals surface area (Å²) in [6, 6.07) is 0. The van der Waals surface area contributed by atoms with Gasteiger partial charge in [0, 0.05) is 39.9 Å². The van der Waals surface area contributed by atoms with E-state index in [9.17, 15) is 4.79 Å². The Hall–Kier alpha value is -0.810. The van der Waals surface area contributed by atoms with Gasteiger partial charge in [0.25, 0.3) is 0 Å². The van der Waals surface area contributed by atoms with Gasteiger partial charge in [0.05, 0.1) is 18.8 Å². The minimum Gasteiger partial charge on any atom is -0.444 e. The molecule has 0 aromatic rings. The van der Waals surface area contributed by atoms with Gasteiger partial charge >= 0.3 is 6.09 Å². The van der Waals surface area contributed by atoms with Gasteiger partial charge in [0.2, 0.25) is 0 Å². The Balaban J connectivity index is 0.00000961. The van der Waals surface area contributed by atoms with Crippen LogP contribution in [0.5, 0.6) is 0 Å². The number of hydrogen-bond acceptors (Lipinski definition) is 5. The van der Waals surface area contributed by atoms with Crippen molar-refractivity contribution in [2.75, 3.05) is 46.4 Å². The van der Waals surface area contributed by atoms with Crippen molar-refractivity contribution >= 4 is 36.0 Å². The topological polar surface area (TPSA) is 84.4 Å². The minimum atomic E-state index is -0.472. The molecule has 0 radical (unpaired) electrons. The van der Waals surface area contributed by atoms with Gasteiger partial charge in [-0.15, -0.1) is 24.0 Å². The Labute approximate surface area is 212 Å². The molecule has 1 amide bonds. The number of aliphatic imine (C=N–C) groups is 1. The van der Waals surface area contributed by atoms with Gasteiger partial charge in [-0.05, 0) is 52.4 Å². The van der Waals surface area contributed by atoms with E-state index in [1.165, 1.54) is 0 Å². The Morgan fingerprint density at radius 3 is 2.25 bits per heavy atom. The fourth-order valence-corrected chi connectivity index (χ4v) is 3.36. The third-order valence-corrected chi connectivity index (χ3v) is 5.08. The molecule has 8 nitrogen and oxygen atoms in total. The lowest BCUT2D eigenvalue weighted by molar-refractivity contribution is 0.0160. The van der Waals surface area contributed by atoms with Gasteiger partial charge in [-0.25, -0.2) is 4.79 Å². The number of carbonyl (C=O) groups excluding carboxylic acids is 1. The number of amides is 1. The maximum atomic E-state index is 11.6. The molecule has 1 heterocycles. The van der Waals surface area contributed by atoms with Crippen LogP contribution in [-0.4, -0.2) is 81.2 Å². The number of likely N-dealkylation sites (tertiary alicyclic amines) is 1. The quantitative estimate of drug-likeness (QED) is 0.189. The zero-order valence-electron chi connectivity index (χ0n) is 21.5. The van der Waals surface area contributed by atoms with Crippen molar-refractivity contribution in [2.45, 2.75) is 85.5 Å². The van der Waals surface area contributed by atoms with Crippen molar-refractivity contribution in [1.82, 2.24) is 15.5 Å². The number of piperidine rings is 1. The van der Waals surface area contributed by atoms with Gasteiger partial charge in [-0.3, -0.25) is 4.99 Å². The number of carbonyl (C=O) groups is 1. The highest BCUT2D eigenvalue weighted by Gasteiger charge is 2.26. The molecule has 32 heavy (non-hydrogen) atoms.